The fourth-order valence-corrected chi connectivity index (χ4v) is 2.48. The summed E-state index contributed by atoms with van der Waals surface area (Å²) in [6.45, 7) is 2.57. The molecule has 1 heterocycles. The van der Waals surface area contributed by atoms with E-state index in [9.17, 15) is 4.79 Å². The van der Waals surface area contributed by atoms with Gasteiger partial charge in [-0.05, 0) is 36.1 Å². The number of amides is 1. The van der Waals surface area contributed by atoms with Gasteiger partial charge in [-0.25, -0.2) is 4.99 Å². The molecular formula is C16H19N3O2S. The highest BCUT2D eigenvalue weighted by atomic mass is 32.1. The molecule has 0 aliphatic carbocycles. The Morgan fingerprint density at radius 3 is 2.86 bits per heavy atom. The van der Waals surface area contributed by atoms with Crippen LogP contribution in [-0.4, -0.2) is 25.4 Å². The second kappa shape index (κ2) is 7.61. The maximum absolute atomic E-state index is 12.0. The van der Waals surface area contributed by atoms with Crippen molar-refractivity contribution in [2.45, 2.75) is 13.3 Å². The predicted octanol–water partition coefficient (Wildman–Crippen LogP) is 2.93. The highest BCUT2D eigenvalue weighted by molar-refractivity contribution is 7.12. The van der Waals surface area contributed by atoms with Crippen LogP contribution in [0.15, 0.2) is 40.7 Å². The number of nitrogens with zero attached hydrogens (tertiary/aromatic N) is 1. The molecule has 5 nitrogen and oxygen atoms in total. The maximum atomic E-state index is 12.0. The number of carbonyl (C=O) groups excluding carboxylic acids is 1. The van der Waals surface area contributed by atoms with Crippen LogP contribution in [0, 0.1) is 0 Å². The smallest absolute Gasteiger partial charge is 0.254 e. The number of ether oxygens (including phenoxy) is 1. The number of rotatable bonds is 6. The first-order chi connectivity index (χ1) is 10.7. The van der Waals surface area contributed by atoms with Crippen molar-refractivity contribution in [2.24, 2.45) is 10.7 Å². The molecule has 6 heteroatoms. The fraction of sp³-hybridized carbons (Fsp3) is 0.250. The number of thiophene rings is 1. The van der Waals surface area contributed by atoms with E-state index in [1.807, 2.05) is 24.4 Å². The third-order valence-corrected chi connectivity index (χ3v) is 3.81. The lowest BCUT2D eigenvalue weighted by molar-refractivity contribution is 0.0959. The molecule has 2 rings (SSSR count). The molecule has 1 aromatic carbocycles. The molecule has 1 aromatic heterocycles. The second-order valence-electron chi connectivity index (χ2n) is 4.58. The summed E-state index contributed by atoms with van der Waals surface area (Å²) in [7, 11) is 1.59. The molecule has 0 aliphatic heterocycles. The Morgan fingerprint density at radius 2 is 2.23 bits per heavy atom. The van der Waals surface area contributed by atoms with E-state index in [2.05, 4.69) is 10.3 Å². The molecule has 0 aliphatic rings. The SMILES string of the molecule is CCCOc1ccc(N=C(N)c2cccs2)cc1C(=O)NC. The predicted molar refractivity (Wildman–Crippen MR) is 90.3 cm³/mol. The molecule has 0 saturated carbocycles. The van der Waals surface area contributed by atoms with E-state index in [1.54, 1.807) is 25.2 Å². The van der Waals surface area contributed by atoms with Crippen molar-refractivity contribution < 1.29 is 9.53 Å². The molecule has 3 N–H and O–H groups in total. The summed E-state index contributed by atoms with van der Waals surface area (Å²) in [6, 6.07) is 9.05. The molecule has 22 heavy (non-hydrogen) atoms. The fourth-order valence-electron chi connectivity index (χ4n) is 1.86. The molecule has 0 atom stereocenters. The summed E-state index contributed by atoms with van der Waals surface area (Å²) in [5, 5.41) is 4.55. The summed E-state index contributed by atoms with van der Waals surface area (Å²) in [5.74, 6) is 0.771. The number of nitrogens with two attached hydrogens (primary N) is 1. The average Bonchev–Trinajstić information content (AvgIpc) is 3.07. The quantitative estimate of drug-likeness (QED) is 0.635. The molecule has 0 saturated heterocycles. The van der Waals surface area contributed by atoms with E-state index in [1.165, 1.54) is 11.3 Å². The van der Waals surface area contributed by atoms with Gasteiger partial charge in [0.05, 0.1) is 22.7 Å². The molecule has 116 valence electrons. The lowest BCUT2D eigenvalue weighted by atomic mass is 10.1. The molecular weight excluding hydrogens is 298 g/mol. The van der Waals surface area contributed by atoms with Gasteiger partial charge in [-0.15, -0.1) is 11.3 Å². The normalized spacial score (nSPS) is 11.3. The summed E-state index contributed by atoms with van der Waals surface area (Å²) < 4.78 is 5.60. The number of aliphatic imine (C=N–C) groups is 1. The van der Waals surface area contributed by atoms with Crippen LogP contribution in [0.3, 0.4) is 0 Å². The van der Waals surface area contributed by atoms with Crippen molar-refractivity contribution in [2.75, 3.05) is 13.7 Å². The zero-order valence-corrected chi connectivity index (χ0v) is 13.4. The Bertz CT molecular complexity index is 666. The molecule has 2 aromatic rings. The number of nitrogens with one attached hydrogen (secondary N) is 1. The number of hydrogen-bond acceptors (Lipinski definition) is 4. The van der Waals surface area contributed by atoms with Gasteiger partial charge in [0.15, 0.2) is 0 Å². The van der Waals surface area contributed by atoms with Gasteiger partial charge < -0.3 is 15.8 Å². The zero-order valence-electron chi connectivity index (χ0n) is 12.6. The summed E-state index contributed by atoms with van der Waals surface area (Å²) >= 11 is 1.52. The van der Waals surface area contributed by atoms with Gasteiger partial charge >= 0.3 is 0 Å². The topological polar surface area (TPSA) is 76.7 Å². The first kappa shape index (κ1) is 16.0. The van der Waals surface area contributed by atoms with Crippen LogP contribution in [0.5, 0.6) is 5.75 Å². The van der Waals surface area contributed by atoms with E-state index in [0.717, 1.165) is 11.3 Å². The van der Waals surface area contributed by atoms with Gasteiger partial charge in [-0.3, -0.25) is 4.79 Å². The van der Waals surface area contributed by atoms with Crippen molar-refractivity contribution in [3.8, 4) is 5.75 Å². The molecule has 0 spiro atoms. The van der Waals surface area contributed by atoms with Crippen LogP contribution in [0.1, 0.15) is 28.6 Å². The van der Waals surface area contributed by atoms with Gasteiger partial charge in [-0.1, -0.05) is 13.0 Å². The first-order valence-corrected chi connectivity index (χ1v) is 7.90. The minimum absolute atomic E-state index is 0.210. The molecule has 0 unspecified atom stereocenters. The summed E-state index contributed by atoms with van der Waals surface area (Å²) in [4.78, 5) is 17.3. The zero-order chi connectivity index (χ0) is 15.9. The number of benzene rings is 1. The van der Waals surface area contributed by atoms with E-state index < -0.39 is 0 Å². The number of hydrogen-bond donors (Lipinski definition) is 2. The lowest BCUT2D eigenvalue weighted by Crippen LogP contribution is -2.19. The van der Waals surface area contributed by atoms with Crippen LogP contribution in [0.25, 0.3) is 0 Å². The third kappa shape index (κ3) is 3.85. The molecule has 0 fully saturated rings. The Hall–Kier alpha value is -2.34. The van der Waals surface area contributed by atoms with Crippen molar-refractivity contribution >= 4 is 28.8 Å². The van der Waals surface area contributed by atoms with Crippen LogP contribution in [0.4, 0.5) is 5.69 Å². The summed E-state index contributed by atoms with van der Waals surface area (Å²) in [6.07, 6.45) is 0.873. The average molecular weight is 317 g/mol. The van der Waals surface area contributed by atoms with Crippen LogP contribution < -0.4 is 15.8 Å². The van der Waals surface area contributed by atoms with Gasteiger partial charge in [-0.2, -0.15) is 0 Å². The highest BCUT2D eigenvalue weighted by Gasteiger charge is 2.12. The molecule has 0 bridgehead atoms. The van der Waals surface area contributed by atoms with Crippen molar-refractivity contribution in [3.63, 3.8) is 0 Å². The van der Waals surface area contributed by atoms with E-state index in [4.69, 9.17) is 10.5 Å². The maximum Gasteiger partial charge on any atom is 0.254 e. The lowest BCUT2D eigenvalue weighted by Gasteiger charge is -2.10. The van der Waals surface area contributed by atoms with Gasteiger partial charge in [0.1, 0.15) is 11.6 Å². The first-order valence-electron chi connectivity index (χ1n) is 7.02. The van der Waals surface area contributed by atoms with Gasteiger partial charge in [0.25, 0.3) is 5.91 Å². The van der Waals surface area contributed by atoms with Crippen LogP contribution >= 0.6 is 11.3 Å². The number of amidine groups is 1. The monoisotopic (exact) mass is 317 g/mol. The Morgan fingerprint density at radius 1 is 1.41 bits per heavy atom. The van der Waals surface area contributed by atoms with Gasteiger partial charge in [0.2, 0.25) is 0 Å². The minimum Gasteiger partial charge on any atom is -0.493 e. The number of carbonyl (C=O) groups is 1. The van der Waals surface area contributed by atoms with Crippen LogP contribution in [0.2, 0.25) is 0 Å². The Labute approximate surface area is 133 Å². The largest absolute Gasteiger partial charge is 0.493 e. The Balaban J connectivity index is 2.34. The molecule has 1 amide bonds. The minimum atomic E-state index is -0.210. The highest BCUT2D eigenvalue weighted by Crippen LogP contribution is 2.25. The standard InChI is InChI=1S/C16H19N3O2S/c1-3-8-21-13-7-6-11(10-12(13)16(20)18-2)19-15(17)14-5-4-9-22-14/h4-7,9-10H,3,8H2,1-2H3,(H2,17,19)(H,18,20). The summed E-state index contributed by atoms with van der Waals surface area (Å²) in [5.41, 5.74) is 7.05. The Kier molecular flexibility index (Phi) is 5.55. The third-order valence-electron chi connectivity index (χ3n) is 2.92. The second-order valence-corrected chi connectivity index (χ2v) is 5.53. The van der Waals surface area contributed by atoms with Crippen molar-refractivity contribution in [1.82, 2.24) is 5.32 Å². The van der Waals surface area contributed by atoms with Crippen LogP contribution in [-0.2, 0) is 0 Å². The molecule has 0 radical (unpaired) electrons. The van der Waals surface area contributed by atoms with E-state index in [-0.39, 0.29) is 5.91 Å². The van der Waals surface area contributed by atoms with E-state index >= 15 is 0 Å². The van der Waals surface area contributed by atoms with Gasteiger partial charge in [0, 0.05) is 7.05 Å². The van der Waals surface area contributed by atoms with E-state index in [0.29, 0.717) is 29.4 Å². The van der Waals surface area contributed by atoms with Crippen molar-refractivity contribution in [1.29, 1.82) is 0 Å². The van der Waals surface area contributed by atoms with Crippen molar-refractivity contribution in [3.05, 3.63) is 46.2 Å².